The van der Waals surface area contributed by atoms with Gasteiger partial charge in [0.2, 0.25) is 5.95 Å². The second-order valence-corrected chi connectivity index (χ2v) is 8.00. The molecule has 5 nitrogen and oxygen atoms in total. The third-order valence-electron chi connectivity index (χ3n) is 4.82. The third-order valence-corrected chi connectivity index (χ3v) is 5.62. The van der Waals surface area contributed by atoms with Crippen molar-refractivity contribution in [3.8, 4) is 11.3 Å². The summed E-state index contributed by atoms with van der Waals surface area (Å²) in [6.07, 6.45) is 1.73. The number of aromatic nitrogens is 3. The van der Waals surface area contributed by atoms with Gasteiger partial charge in [-0.05, 0) is 31.2 Å². The van der Waals surface area contributed by atoms with E-state index in [4.69, 9.17) is 34.8 Å². The van der Waals surface area contributed by atoms with Crippen LogP contribution in [0, 0.1) is 5.82 Å². The van der Waals surface area contributed by atoms with Gasteiger partial charge in [-0.1, -0.05) is 40.9 Å². The molecule has 9 heteroatoms. The number of piperazine rings is 1. The number of halogens is 4. The highest BCUT2D eigenvalue weighted by Crippen LogP contribution is 2.29. The highest BCUT2D eigenvalue weighted by atomic mass is 35.5. The van der Waals surface area contributed by atoms with E-state index in [0.29, 0.717) is 47.0 Å². The quantitative estimate of drug-likeness (QED) is 0.501. The van der Waals surface area contributed by atoms with Crippen LogP contribution in [0.3, 0.4) is 0 Å². The highest BCUT2D eigenvalue weighted by Gasteiger charge is 2.28. The molecule has 0 spiro atoms. The SMILES string of the molecule is CC1CN(c2ncccc2Cl)CCN1c1nc(Cl)cc(-c2ccc(Cl)c(F)c2)n1. The van der Waals surface area contributed by atoms with Gasteiger partial charge in [0.25, 0.3) is 0 Å². The van der Waals surface area contributed by atoms with E-state index < -0.39 is 5.82 Å². The Morgan fingerprint density at radius 3 is 2.59 bits per heavy atom. The summed E-state index contributed by atoms with van der Waals surface area (Å²) in [6, 6.07) is 9.90. The molecule has 29 heavy (non-hydrogen) atoms. The van der Waals surface area contributed by atoms with Crippen molar-refractivity contribution in [1.82, 2.24) is 15.0 Å². The van der Waals surface area contributed by atoms with Gasteiger partial charge in [0.05, 0.1) is 15.7 Å². The minimum Gasteiger partial charge on any atom is -0.352 e. The van der Waals surface area contributed by atoms with Crippen LogP contribution in [0.5, 0.6) is 0 Å². The van der Waals surface area contributed by atoms with E-state index in [1.54, 1.807) is 18.3 Å². The molecule has 2 aromatic heterocycles. The molecule has 1 atom stereocenters. The predicted octanol–water partition coefficient (Wildman–Crippen LogP) is 5.35. The molecule has 150 valence electrons. The number of hydrogen-bond donors (Lipinski definition) is 0. The molecule has 1 aliphatic rings. The Morgan fingerprint density at radius 2 is 1.86 bits per heavy atom. The number of benzene rings is 1. The van der Waals surface area contributed by atoms with Crippen LogP contribution in [0.4, 0.5) is 16.2 Å². The van der Waals surface area contributed by atoms with Gasteiger partial charge in [0.1, 0.15) is 16.8 Å². The maximum Gasteiger partial charge on any atom is 0.227 e. The standard InChI is InChI=1S/C20H17Cl3FN5/c1-12-11-28(19-15(22)3-2-6-25-19)7-8-29(12)20-26-17(10-18(23)27-20)13-4-5-14(21)16(24)9-13/h2-6,9-10,12H,7-8,11H2,1H3. The van der Waals surface area contributed by atoms with Crippen molar-refractivity contribution in [2.24, 2.45) is 0 Å². The molecule has 1 fully saturated rings. The van der Waals surface area contributed by atoms with Gasteiger partial charge in [0.15, 0.2) is 0 Å². The van der Waals surface area contributed by atoms with E-state index in [2.05, 4.69) is 31.7 Å². The van der Waals surface area contributed by atoms with Crippen LogP contribution in [0.2, 0.25) is 15.2 Å². The number of anilines is 2. The molecule has 0 saturated carbocycles. The zero-order valence-electron chi connectivity index (χ0n) is 15.5. The van der Waals surface area contributed by atoms with Crippen molar-refractivity contribution in [1.29, 1.82) is 0 Å². The lowest BCUT2D eigenvalue weighted by Crippen LogP contribution is -2.53. The maximum atomic E-state index is 13.9. The Kier molecular flexibility index (Phi) is 5.76. The van der Waals surface area contributed by atoms with Crippen molar-refractivity contribution in [2.75, 3.05) is 29.4 Å². The van der Waals surface area contributed by atoms with Crippen molar-refractivity contribution in [3.05, 3.63) is 63.6 Å². The van der Waals surface area contributed by atoms with Crippen molar-refractivity contribution in [3.63, 3.8) is 0 Å². The topological polar surface area (TPSA) is 45.2 Å². The largest absolute Gasteiger partial charge is 0.352 e. The van der Waals surface area contributed by atoms with Crippen LogP contribution in [-0.4, -0.2) is 40.6 Å². The molecule has 3 heterocycles. The monoisotopic (exact) mass is 451 g/mol. The third kappa shape index (κ3) is 4.25. The van der Waals surface area contributed by atoms with Gasteiger partial charge in [-0.2, -0.15) is 0 Å². The Hall–Kier alpha value is -2.15. The maximum absolute atomic E-state index is 13.9. The smallest absolute Gasteiger partial charge is 0.227 e. The number of hydrogen-bond acceptors (Lipinski definition) is 5. The van der Waals surface area contributed by atoms with Crippen LogP contribution in [0.1, 0.15) is 6.92 Å². The first-order chi connectivity index (χ1) is 13.9. The molecular formula is C20H17Cl3FN5. The second kappa shape index (κ2) is 8.30. The molecule has 4 rings (SSSR count). The lowest BCUT2D eigenvalue weighted by atomic mass is 10.1. The van der Waals surface area contributed by atoms with E-state index in [-0.39, 0.29) is 11.1 Å². The Bertz CT molecular complexity index is 1050. The fourth-order valence-corrected chi connectivity index (χ4v) is 3.93. The van der Waals surface area contributed by atoms with Crippen LogP contribution < -0.4 is 9.80 Å². The molecule has 1 aromatic carbocycles. The van der Waals surface area contributed by atoms with Crippen LogP contribution in [-0.2, 0) is 0 Å². The molecule has 1 unspecified atom stereocenters. The summed E-state index contributed by atoms with van der Waals surface area (Å²) in [5.41, 5.74) is 1.13. The summed E-state index contributed by atoms with van der Waals surface area (Å²) in [5.74, 6) is 0.766. The summed E-state index contributed by atoms with van der Waals surface area (Å²) < 4.78 is 13.9. The van der Waals surface area contributed by atoms with Gasteiger partial charge in [-0.25, -0.2) is 19.3 Å². The van der Waals surface area contributed by atoms with Crippen LogP contribution in [0.15, 0.2) is 42.6 Å². The Morgan fingerprint density at radius 1 is 1.03 bits per heavy atom. The van der Waals surface area contributed by atoms with Crippen molar-refractivity contribution >= 4 is 46.6 Å². The van der Waals surface area contributed by atoms with E-state index in [1.165, 1.54) is 12.1 Å². The van der Waals surface area contributed by atoms with E-state index in [1.807, 2.05) is 12.1 Å². The normalized spacial score (nSPS) is 16.9. The van der Waals surface area contributed by atoms with Crippen molar-refractivity contribution < 1.29 is 4.39 Å². The summed E-state index contributed by atoms with van der Waals surface area (Å²) >= 11 is 18.3. The molecule has 0 amide bonds. The Labute approximate surface area is 183 Å². The van der Waals surface area contributed by atoms with Gasteiger partial charge in [0, 0.05) is 43.5 Å². The summed E-state index contributed by atoms with van der Waals surface area (Å²) in [7, 11) is 0. The van der Waals surface area contributed by atoms with E-state index in [0.717, 1.165) is 5.82 Å². The molecule has 1 aliphatic heterocycles. The lowest BCUT2D eigenvalue weighted by molar-refractivity contribution is 0.537. The van der Waals surface area contributed by atoms with E-state index in [9.17, 15) is 4.39 Å². The molecule has 0 aliphatic carbocycles. The minimum absolute atomic E-state index is 0.0621. The zero-order chi connectivity index (χ0) is 20.5. The summed E-state index contributed by atoms with van der Waals surface area (Å²) in [4.78, 5) is 17.6. The number of pyridine rings is 1. The van der Waals surface area contributed by atoms with Gasteiger partial charge >= 0.3 is 0 Å². The van der Waals surface area contributed by atoms with Crippen molar-refractivity contribution in [2.45, 2.75) is 13.0 Å². The van der Waals surface area contributed by atoms with Gasteiger partial charge in [-0.3, -0.25) is 0 Å². The fourth-order valence-electron chi connectivity index (χ4n) is 3.39. The number of nitrogens with zero attached hydrogens (tertiary/aromatic N) is 5. The second-order valence-electron chi connectivity index (χ2n) is 6.80. The first-order valence-corrected chi connectivity index (χ1v) is 10.2. The van der Waals surface area contributed by atoms with Gasteiger partial charge in [-0.15, -0.1) is 0 Å². The lowest BCUT2D eigenvalue weighted by Gasteiger charge is -2.40. The molecule has 3 aromatic rings. The average molecular weight is 453 g/mol. The first-order valence-electron chi connectivity index (χ1n) is 9.04. The number of rotatable bonds is 3. The minimum atomic E-state index is -0.505. The molecule has 1 saturated heterocycles. The van der Waals surface area contributed by atoms with Crippen LogP contribution >= 0.6 is 34.8 Å². The van der Waals surface area contributed by atoms with Gasteiger partial charge < -0.3 is 9.80 Å². The summed E-state index contributed by atoms with van der Waals surface area (Å²) in [5, 5.41) is 0.981. The molecule has 0 N–H and O–H groups in total. The highest BCUT2D eigenvalue weighted by molar-refractivity contribution is 6.33. The first kappa shape index (κ1) is 20.1. The average Bonchev–Trinajstić information content (AvgIpc) is 2.70. The summed E-state index contributed by atoms with van der Waals surface area (Å²) in [6.45, 7) is 4.16. The predicted molar refractivity (Wildman–Crippen MR) is 116 cm³/mol. The fraction of sp³-hybridized carbons (Fsp3) is 0.250. The molecular weight excluding hydrogens is 436 g/mol. The molecule has 0 bridgehead atoms. The van der Waals surface area contributed by atoms with Crippen LogP contribution in [0.25, 0.3) is 11.3 Å². The Balaban J connectivity index is 1.60. The zero-order valence-corrected chi connectivity index (χ0v) is 17.8. The van der Waals surface area contributed by atoms with E-state index >= 15 is 0 Å². The molecule has 0 radical (unpaired) electrons.